The smallest absolute Gasteiger partial charge is 0.254 e. The summed E-state index contributed by atoms with van der Waals surface area (Å²) in [6.45, 7) is 0.970. The largest absolute Gasteiger partial charge is 0.380 e. The minimum Gasteiger partial charge on any atom is -0.380 e. The van der Waals surface area contributed by atoms with E-state index < -0.39 is 5.91 Å². The first kappa shape index (κ1) is 15.2. The Morgan fingerprint density at radius 2 is 2.10 bits per heavy atom. The van der Waals surface area contributed by atoms with Crippen molar-refractivity contribution in [3.05, 3.63) is 52.4 Å². The molecule has 0 fully saturated rings. The van der Waals surface area contributed by atoms with Crippen LogP contribution in [0.4, 0.5) is 5.82 Å². The fourth-order valence-corrected chi connectivity index (χ4v) is 2.01. The number of amides is 1. The van der Waals surface area contributed by atoms with Crippen molar-refractivity contribution in [2.24, 2.45) is 5.73 Å². The molecule has 0 aliphatic carbocycles. The van der Waals surface area contributed by atoms with Gasteiger partial charge in [0.25, 0.3) is 5.91 Å². The molecule has 0 saturated heterocycles. The molecule has 0 radical (unpaired) electrons. The number of hydrogen-bond acceptors (Lipinski definition) is 5. The average Bonchev–Trinajstić information content (AvgIpc) is 2.46. The van der Waals surface area contributed by atoms with E-state index in [-0.39, 0.29) is 10.8 Å². The van der Waals surface area contributed by atoms with Crippen LogP contribution in [0.5, 0.6) is 0 Å². The van der Waals surface area contributed by atoms with Crippen LogP contribution in [0.1, 0.15) is 21.5 Å². The number of ether oxygens (including phenoxy) is 1. The second kappa shape index (κ2) is 7.01. The van der Waals surface area contributed by atoms with E-state index in [0.717, 1.165) is 11.1 Å². The zero-order valence-electron chi connectivity index (χ0n) is 11.5. The lowest BCUT2D eigenvalue weighted by molar-refractivity contribution is 0.100. The molecule has 0 atom stereocenters. The lowest BCUT2D eigenvalue weighted by Gasteiger charge is -2.12. The Morgan fingerprint density at radius 3 is 2.76 bits per heavy atom. The number of anilines is 1. The highest BCUT2D eigenvalue weighted by molar-refractivity contribution is 6.28. The SMILES string of the molecule is COCc1ccccc1CNc1nc(Cl)ncc1C(N)=O. The van der Waals surface area contributed by atoms with Crippen molar-refractivity contribution in [3.63, 3.8) is 0 Å². The topological polar surface area (TPSA) is 90.1 Å². The molecular formula is C14H15ClN4O2. The van der Waals surface area contributed by atoms with E-state index in [4.69, 9.17) is 22.1 Å². The van der Waals surface area contributed by atoms with E-state index in [1.807, 2.05) is 24.3 Å². The number of primary amides is 1. The van der Waals surface area contributed by atoms with Gasteiger partial charge in [0, 0.05) is 19.9 Å². The van der Waals surface area contributed by atoms with Crippen LogP contribution in [0.3, 0.4) is 0 Å². The first-order valence-electron chi connectivity index (χ1n) is 6.23. The highest BCUT2D eigenvalue weighted by Gasteiger charge is 2.12. The van der Waals surface area contributed by atoms with E-state index in [0.29, 0.717) is 19.0 Å². The summed E-state index contributed by atoms with van der Waals surface area (Å²) >= 11 is 5.75. The van der Waals surface area contributed by atoms with Crippen molar-refractivity contribution < 1.29 is 9.53 Å². The van der Waals surface area contributed by atoms with Gasteiger partial charge in [-0.1, -0.05) is 24.3 Å². The molecule has 0 aliphatic rings. The minimum atomic E-state index is -0.612. The molecule has 2 aromatic rings. The van der Waals surface area contributed by atoms with Crippen LogP contribution >= 0.6 is 11.6 Å². The maximum absolute atomic E-state index is 11.4. The summed E-state index contributed by atoms with van der Waals surface area (Å²) in [5.41, 5.74) is 7.57. The Balaban J connectivity index is 2.20. The second-order valence-corrected chi connectivity index (χ2v) is 4.66. The van der Waals surface area contributed by atoms with Gasteiger partial charge in [0.15, 0.2) is 0 Å². The van der Waals surface area contributed by atoms with E-state index in [1.165, 1.54) is 6.20 Å². The van der Waals surface area contributed by atoms with Crippen molar-refractivity contribution in [1.82, 2.24) is 9.97 Å². The maximum atomic E-state index is 11.4. The number of nitrogens with zero attached hydrogens (tertiary/aromatic N) is 2. The maximum Gasteiger partial charge on any atom is 0.254 e. The van der Waals surface area contributed by atoms with Gasteiger partial charge in [0.2, 0.25) is 5.28 Å². The molecule has 0 spiro atoms. The van der Waals surface area contributed by atoms with Crippen LogP contribution in [-0.4, -0.2) is 23.0 Å². The number of methoxy groups -OCH3 is 1. The van der Waals surface area contributed by atoms with Crippen molar-refractivity contribution in [2.45, 2.75) is 13.2 Å². The lowest BCUT2D eigenvalue weighted by atomic mass is 10.1. The number of rotatable bonds is 6. The predicted molar refractivity (Wildman–Crippen MR) is 80.0 cm³/mol. The first-order chi connectivity index (χ1) is 10.1. The Hall–Kier alpha value is -2.18. The molecule has 1 heterocycles. The fraction of sp³-hybridized carbons (Fsp3) is 0.214. The van der Waals surface area contributed by atoms with Crippen molar-refractivity contribution in [2.75, 3.05) is 12.4 Å². The van der Waals surface area contributed by atoms with Crippen LogP contribution in [0, 0.1) is 0 Å². The van der Waals surface area contributed by atoms with Crippen LogP contribution in [0.25, 0.3) is 0 Å². The zero-order chi connectivity index (χ0) is 15.2. The monoisotopic (exact) mass is 306 g/mol. The summed E-state index contributed by atoms with van der Waals surface area (Å²) in [5.74, 6) is -0.297. The number of hydrogen-bond donors (Lipinski definition) is 2. The molecule has 6 nitrogen and oxygen atoms in total. The van der Waals surface area contributed by atoms with E-state index >= 15 is 0 Å². The van der Waals surface area contributed by atoms with Crippen molar-refractivity contribution in [1.29, 1.82) is 0 Å². The summed E-state index contributed by atoms with van der Waals surface area (Å²) < 4.78 is 5.15. The van der Waals surface area contributed by atoms with Gasteiger partial charge in [0.05, 0.1) is 12.2 Å². The third kappa shape index (κ3) is 3.90. The number of benzene rings is 1. The number of halogens is 1. The standard InChI is InChI=1S/C14H15ClN4O2/c1-21-8-10-5-3-2-4-9(10)6-17-13-11(12(16)20)7-18-14(15)19-13/h2-5,7H,6,8H2,1H3,(H2,16,20)(H,17,18,19). The Bertz CT molecular complexity index is 649. The highest BCUT2D eigenvalue weighted by Crippen LogP contribution is 2.16. The lowest BCUT2D eigenvalue weighted by Crippen LogP contribution is -2.16. The van der Waals surface area contributed by atoms with Gasteiger partial charge in [-0.2, -0.15) is 4.98 Å². The third-order valence-corrected chi connectivity index (χ3v) is 3.07. The Morgan fingerprint density at radius 1 is 1.38 bits per heavy atom. The summed E-state index contributed by atoms with van der Waals surface area (Å²) in [7, 11) is 1.64. The molecule has 0 aliphatic heterocycles. The average molecular weight is 307 g/mol. The van der Waals surface area contributed by atoms with Crippen LogP contribution in [-0.2, 0) is 17.9 Å². The van der Waals surface area contributed by atoms with E-state index in [2.05, 4.69) is 15.3 Å². The first-order valence-corrected chi connectivity index (χ1v) is 6.61. The molecule has 3 N–H and O–H groups in total. The molecular weight excluding hydrogens is 292 g/mol. The van der Waals surface area contributed by atoms with Gasteiger partial charge in [-0.15, -0.1) is 0 Å². The van der Waals surface area contributed by atoms with E-state index in [1.54, 1.807) is 7.11 Å². The molecule has 21 heavy (non-hydrogen) atoms. The van der Waals surface area contributed by atoms with Crippen LogP contribution < -0.4 is 11.1 Å². The number of carbonyl (C=O) groups is 1. The van der Waals surface area contributed by atoms with Crippen LogP contribution in [0.2, 0.25) is 5.28 Å². The normalized spacial score (nSPS) is 10.4. The molecule has 2 rings (SSSR count). The summed E-state index contributed by atoms with van der Waals surface area (Å²) in [4.78, 5) is 19.1. The fourth-order valence-electron chi connectivity index (χ4n) is 1.88. The van der Waals surface area contributed by atoms with Gasteiger partial charge in [-0.3, -0.25) is 4.79 Å². The molecule has 0 bridgehead atoms. The summed E-state index contributed by atoms with van der Waals surface area (Å²) in [6, 6.07) is 7.81. The Labute approximate surface area is 127 Å². The molecule has 0 unspecified atom stereocenters. The second-order valence-electron chi connectivity index (χ2n) is 4.32. The minimum absolute atomic E-state index is 0.0488. The van der Waals surface area contributed by atoms with E-state index in [9.17, 15) is 4.79 Å². The van der Waals surface area contributed by atoms with Gasteiger partial charge < -0.3 is 15.8 Å². The number of carbonyl (C=O) groups excluding carboxylic acids is 1. The van der Waals surface area contributed by atoms with Crippen molar-refractivity contribution >= 4 is 23.3 Å². The molecule has 7 heteroatoms. The quantitative estimate of drug-likeness (QED) is 0.797. The third-order valence-electron chi connectivity index (χ3n) is 2.89. The van der Waals surface area contributed by atoms with Crippen molar-refractivity contribution in [3.8, 4) is 0 Å². The number of nitrogens with two attached hydrogens (primary N) is 1. The molecule has 1 amide bonds. The van der Waals surface area contributed by atoms with Gasteiger partial charge in [-0.25, -0.2) is 4.98 Å². The zero-order valence-corrected chi connectivity index (χ0v) is 12.2. The predicted octanol–water partition coefficient (Wildman–Crippen LogP) is 1.99. The van der Waals surface area contributed by atoms with Gasteiger partial charge in [-0.05, 0) is 22.7 Å². The number of aromatic nitrogens is 2. The summed E-state index contributed by atoms with van der Waals surface area (Å²) in [5, 5.41) is 3.11. The highest BCUT2D eigenvalue weighted by atomic mass is 35.5. The van der Waals surface area contributed by atoms with Gasteiger partial charge in [0.1, 0.15) is 5.82 Å². The summed E-state index contributed by atoms with van der Waals surface area (Å²) in [6.07, 6.45) is 1.31. The molecule has 110 valence electrons. The Kier molecular flexibility index (Phi) is 5.08. The van der Waals surface area contributed by atoms with Crippen LogP contribution in [0.15, 0.2) is 30.5 Å². The molecule has 1 aromatic heterocycles. The number of nitrogens with one attached hydrogen (secondary N) is 1. The molecule has 0 saturated carbocycles. The van der Waals surface area contributed by atoms with Gasteiger partial charge >= 0.3 is 0 Å². The molecule has 1 aromatic carbocycles.